The number of hydrogen-bond donors (Lipinski definition) is 1. The van der Waals surface area contributed by atoms with Crippen molar-refractivity contribution in [1.29, 1.82) is 0 Å². The Kier molecular flexibility index (Phi) is 3.97. The van der Waals surface area contributed by atoms with Gasteiger partial charge in [0.2, 0.25) is 0 Å². The molecule has 3 aliphatic rings. The van der Waals surface area contributed by atoms with Gasteiger partial charge in [0.25, 0.3) is 0 Å². The zero-order chi connectivity index (χ0) is 21.5. The SMILES string of the molecule is CC1(C)CC(=O)C2=C(Cc3[nH]nc(C4CC4)c3C2(C)c2cccc(C(F)(F)F)c2)C1. The van der Waals surface area contributed by atoms with Gasteiger partial charge in [-0.2, -0.15) is 18.3 Å². The van der Waals surface area contributed by atoms with Crippen LogP contribution in [0.3, 0.4) is 0 Å². The number of alkyl halides is 3. The van der Waals surface area contributed by atoms with Crippen LogP contribution in [-0.2, 0) is 22.8 Å². The number of Topliss-reactive ketones (excluding diaryl/α,β-unsaturated/α-hetero) is 1. The standard InChI is InChI=1S/C24H25F3N2O/c1-22(2)11-14-9-17-20(21(29-28-17)13-7-8-13)23(3,19(14)18(30)12-22)15-5-4-6-16(10-15)24(25,26)27/h4-6,10,13H,7-9,11-12H2,1-3H3,(H,28,29). The minimum atomic E-state index is -4.44. The lowest BCUT2D eigenvalue weighted by Crippen LogP contribution is -2.41. The number of nitrogens with one attached hydrogen (secondary N) is 1. The van der Waals surface area contributed by atoms with Crippen LogP contribution in [0.15, 0.2) is 35.4 Å². The number of fused-ring (bicyclic) bond motifs is 1. The normalized spacial score (nSPS) is 25.9. The maximum absolute atomic E-state index is 13.5. The molecule has 0 amide bonds. The molecule has 0 saturated heterocycles. The summed E-state index contributed by atoms with van der Waals surface area (Å²) < 4.78 is 40.6. The maximum Gasteiger partial charge on any atom is 0.416 e. The molecular weight excluding hydrogens is 389 g/mol. The quantitative estimate of drug-likeness (QED) is 0.670. The first-order valence-corrected chi connectivity index (χ1v) is 10.5. The lowest BCUT2D eigenvalue weighted by molar-refractivity contribution is -0.137. The molecule has 0 radical (unpaired) electrons. The third-order valence-electron chi connectivity index (χ3n) is 6.95. The van der Waals surface area contributed by atoms with Crippen molar-refractivity contribution in [2.24, 2.45) is 5.41 Å². The lowest BCUT2D eigenvalue weighted by atomic mass is 9.58. The number of rotatable bonds is 2. The van der Waals surface area contributed by atoms with Gasteiger partial charge >= 0.3 is 6.18 Å². The average molecular weight is 414 g/mol. The summed E-state index contributed by atoms with van der Waals surface area (Å²) >= 11 is 0. The Labute approximate surface area is 173 Å². The summed E-state index contributed by atoms with van der Waals surface area (Å²) in [6, 6.07) is 5.49. The fourth-order valence-electron chi connectivity index (χ4n) is 5.60. The minimum absolute atomic E-state index is 0.0507. The van der Waals surface area contributed by atoms with Crippen LogP contribution >= 0.6 is 0 Å². The van der Waals surface area contributed by atoms with Gasteiger partial charge in [0.15, 0.2) is 5.78 Å². The first-order chi connectivity index (χ1) is 14.0. The van der Waals surface area contributed by atoms with E-state index in [1.54, 1.807) is 6.07 Å². The highest BCUT2D eigenvalue weighted by atomic mass is 19.4. The highest BCUT2D eigenvalue weighted by molar-refractivity contribution is 6.01. The molecular formula is C24H25F3N2O. The molecule has 5 rings (SSSR count). The summed E-state index contributed by atoms with van der Waals surface area (Å²) in [4.78, 5) is 13.4. The maximum atomic E-state index is 13.5. The number of benzene rings is 1. The molecule has 3 aliphatic carbocycles. The summed E-state index contributed by atoms with van der Waals surface area (Å²) in [7, 11) is 0. The van der Waals surface area contributed by atoms with Crippen LogP contribution in [0.25, 0.3) is 0 Å². The van der Waals surface area contributed by atoms with Gasteiger partial charge in [-0.1, -0.05) is 37.6 Å². The van der Waals surface area contributed by atoms with Crippen LogP contribution in [0.2, 0.25) is 0 Å². The molecule has 1 heterocycles. The molecule has 1 unspecified atom stereocenters. The van der Waals surface area contributed by atoms with E-state index in [9.17, 15) is 18.0 Å². The second-order valence-corrected chi connectivity index (χ2v) is 10.0. The molecule has 1 aromatic heterocycles. The van der Waals surface area contributed by atoms with E-state index < -0.39 is 17.2 Å². The molecule has 1 aromatic carbocycles. The summed E-state index contributed by atoms with van der Waals surface area (Å²) in [5.74, 6) is 0.377. The summed E-state index contributed by atoms with van der Waals surface area (Å²) in [5, 5.41) is 7.76. The fraction of sp³-hybridized carbons (Fsp3) is 0.500. The van der Waals surface area contributed by atoms with Crippen molar-refractivity contribution >= 4 is 5.78 Å². The smallest absolute Gasteiger partial charge is 0.294 e. The first-order valence-electron chi connectivity index (χ1n) is 10.5. The second-order valence-electron chi connectivity index (χ2n) is 10.0. The van der Waals surface area contributed by atoms with Crippen LogP contribution in [0.5, 0.6) is 0 Å². The molecule has 0 aliphatic heterocycles. The van der Waals surface area contributed by atoms with Crippen LogP contribution in [0, 0.1) is 5.41 Å². The summed E-state index contributed by atoms with van der Waals surface area (Å²) in [5.41, 5.74) is 3.28. The van der Waals surface area contributed by atoms with E-state index in [1.165, 1.54) is 12.1 Å². The van der Waals surface area contributed by atoms with Crippen molar-refractivity contribution in [1.82, 2.24) is 10.2 Å². The van der Waals surface area contributed by atoms with Crippen molar-refractivity contribution in [2.75, 3.05) is 0 Å². The topological polar surface area (TPSA) is 45.8 Å². The fourth-order valence-corrected chi connectivity index (χ4v) is 5.60. The van der Waals surface area contributed by atoms with Crippen LogP contribution in [-0.4, -0.2) is 16.0 Å². The Balaban J connectivity index is 1.78. The largest absolute Gasteiger partial charge is 0.416 e. The van der Waals surface area contributed by atoms with Crippen molar-refractivity contribution in [3.63, 3.8) is 0 Å². The second kappa shape index (κ2) is 6.08. The van der Waals surface area contributed by atoms with E-state index >= 15 is 0 Å². The number of hydrogen-bond acceptors (Lipinski definition) is 2. The van der Waals surface area contributed by atoms with E-state index in [1.807, 2.05) is 6.92 Å². The summed E-state index contributed by atoms with van der Waals surface area (Å²) in [6.07, 6.45) is -0.582. The van der Waals surface area contributed by atoms with E-state index in [-0.39, 0.29) is 11.2 Å². The molecule has 6 heteroatoms. The molecule has 3 nitrogen and oxygen atoms in total. The number of aromatic nitrogens is 2. The average Bonchev–Trinajstić information content (AvgIpc) is 3.39. The zero-order valence-corrected chi connectivity index (χ0v) is 17.4. The number of carbonyl (C=O) groups is 1. The zero-order valence-electron chi connectivity index (χ0n) is 17.4. The first kappa shape index (κ1) is 19.6. The predicted octanol–water partition coefficient (Wildman–Crippen LogP) is 5.85. The number of H-pyrrole nitrogens is 1. The van der Waals surface area contributed by atoms with E-state index in [2.05, 4.69) is 24.0 Å². The molecule has 1 fully saturated rings. The van der Waals surface area contributed by atoms with Gasteiger partial charge in [0, 0.05) is 41.0 Å². The van der Waals surface area contributed by atoms with Gasteiger partial charge < -0.3 is 0 Å². The van der Waals surface area contributed by atoms with Crippen molar-refractivity contribution in [3.05, 3.63) is 63.5 Å². The molecule has 158 valence electrons. The van der Waals surface area contributed by atoms with Gasteiger partial charge in [0.1, 0.15) is 0 Å². The van der Waals surface area contributed by atoms with Crippen molar-refractivity contribution < 1.29 is 18.0 Å². The third-order valence-corrected chi connectivity index (χ3v) is 6.95. The molecule has 30 heavy (non-hydrogen) atoms. The molecule has 1 saturated carbocycles. The van der Waals surface area contributed by atoms with E-state index in [4.69, 9.17) is 0 Å². The van der Waals surface area contributed by atoms with Gasteiger partial charge in [-0.05, 0) is 43.2 Å². The Morgan fingerprint density at radius 3 is 2.53 bits per heavy atom. The number of halogens is 3. The Bertz CT molecular complexity index is 1090. The Hall–Kier alpha value is -2.37. The number of aromatic amines is 1. The third kappa shape index (κ3) is 2.87. The van der Waals surface area contributed by atoms with E-state index in [0.29, 0.717) is 29.9 Å². The Morgan fingerprint density at radius 1 is 1.13 bits per heavy atom. The highest BCUT2D eigenvalue weighted by Crippen LogP contribution is 2.55. The summed E-state index contributed by atoms with van der Waals surface area (Å²) in [6.45, 7) is 6.08. The van der Waals surface area contributed by atoms with E-state index in [0.717, 1.165) is 47.9 Å². The number of ketones is 1. The van der Waals surface area contributed by atoms with Crippen molar-refractivity contribution in [2.45, 2.75) is 70.4 Å². The molecule has 2 aromatic rings. The minimum Gasteiger partial charge on any atom is -0.294 e. The number of allylic oxidation sites excluding steroid dienone is 2. The van der Waals surface area contributed by atoms with Crippen LogP contribution in [0.1, 0.15) is 80.5 Å². The van der Waals surface area contributed by atoms with Gasteiger partial charge in [-0.15, -0.1) is 0 Å². The predicted molar refractivity (Wildman–Crippen MR) is 107 cm³/mol. The van der Waals surface area contributed by atoms with Gasteiger partial charge in [-0.25, -0.2) is 0 Å². The van der Waals surface area contributed by atoms with Crippen LogP contribution in [0.4, 0.5) is 13.2 Å². The van der Waals surface area contributed by atoms with Gasteiger partial charge in [-0.3, -0.25) is 9.89 Å². The van der Waals surface area contributed by atoms with Crippen molar-refractivity contribution in [3.8, 4) is 0 Å². The highest BCUT2D eigenvalue weighted by Gasteiger charge is 2.51. The lowest BCUT2D eigenvalue weighted by Gasteiger charge is -2.44. The van der Waals surface area contributed by atoms with Gasteiger partial charge in [0.05, 0.1) is 11.3 Å². The molecule has 0 spiro atoms. The molecule has 1 N–H and O–H groups in total. The van der Waals surface area contributed by atoms with Crippen LogP contribution < -0.4 is 0 Å². The number of nitrogens with zero attached hydrogens (tertiary/aromatic N) is 1. The molecule has 1 atom stereocenters. The number of carbonyl (C=O) groups excluding carboxylic acids is 1. The molecule has 0 bridgehead atoms. The Morgan fingerprint density at radius 2 is 1.87 bits per heavy atom. The monoisotopic (exact) mass is 414 g/mol.